The highest BCUT2D eigenvalue weighted by molar-refractivity contribution is 5.45. The van der Waals surface area contributed by atoms with Gasteiger partial charge in [0.05, 0.1) is 6.61 Å². The summed E-state index contributed by atoms with van der Waals surface area (Å²) in [6.45, 7) is 4.90. The first kappa shape index (κ1) is 14.0. The van der Waals surface area contributed by atoms with Crippen LogP contribution in [-0.2, 0) is 11.3 Å². The van der Waals surface area contributed by atoms with Crippen molar-refractivity contribution in [2.24, 2.45) is 5.92 Å². The van der Waals surface area contributed by atoms with Crippen LogP contribution in [0.25, 0.3) is 0 Å². The highest BCUT2D eigenvalue weighted by Crippen LogP contribution is 2.12. The molecule has 0 spiro atoms. The first-order valence-corrected chi connectivity index (χ1v) is 6.08. The fourth-order valence-electron chi connectivity index (χ4n) is 1.78. The van der Waals surface area contributed by atoms with Crippen LogP contribution < -0.4 is 5.32 Å². The van der Waals surface area contributed by atoms with Crippen LogP contribution in [0.2, 0.25) is 0 Å². The molecule has 0 saturated heterocycles. The Morgan fingerprint density at radius 2 is 2.12 bits per heavy atom. The molecule has 17 heavy (non-hydrogen) atoms. The Bertz CT molecular complexity index is 326. The zero-order chi connectivity index (χ0) is 12.7. The van der Waals surface area contributed by atoms with Crippen LogP contribution in [0.5, 0.6) is 0 Å². The third-order valence-corrected chi connectivity index (χ3v) is 2.53. The van der Waals surface area contributed by atoms with Gasteiger partial charge in [-0.2, -0.15) is 0 Å². The Labute approximate surface area is 105 Å². The maximum atomic E-state index is 5.12. The van der Waals surface area contributed by atoms with Gasteiger partial charge in [-0.25, -0.2) is 0 Å². The van der Waals surface area contributed by atoms with Crippen LogP contribution in [0.15, 0.2) is 24.3 Å². The van der Waals surface area contributed by atoms with Gasteiger partial charge in [-0.05, 0) is 37.7 Å². The van der Waals surface area contributed by atoms with Gasteiger partial charge in [0.15, 0.2) is 0 Å². The van der Waals surface area contributed by atoms with Crippen molar-refractivity contribution in [1.82, 2.24) is 4.90 Å². The molecule has 1 N–H and O–H groups in total. The molecule has 1 aromatic rings. The molecule has 0 aliphatic heterocycles. The molecule has 1 unspecified atom stereocenters. The molecule has 96 valence electrons. The summed E-state index contributed by atoms with van der Waals surface area (Å²) in [6.07, 6.45) is 0. The predicted molar refractivity (Wildman–Crippen MR) is 73.4 cm³/mol. The number of nitrogens with zero attached hydrogens (tertiary/aromatic N) is 1. The van der Waals surface area contributed by atoms with E-state index < -0.39 is 0 Å². The topological polar surface area (TPSA) is 24.5 Å². The molecule has 0 bridgehead atoms. The number of methoxy groups -OCH3 is 1. The fraction of sp³-hybridized carbons (Fsp3) is 0.571. The minimum Gasteiger partial charge on any atom is -0.385 e. The summed E-state index contributed by atoms with van der Waals surface area (Å²) in [5.74, 6) is 0.525. The summed E-state index contributed by atoms with van der Waals surface area (Å²) < 4.78 is 5.12. The van der Waals surface area contributed by atoms with Crippen LogP contribution in [-0.4, -0.2) is 39.3 Å². The van der Waals surface area contributed by atoms with Gasteiger partial charge >= 0.3 is 0 Å². The Balaban J connectivity index is 2.48. The highest BCUT2D eigenvalue weighted by atomic mass is 16.5. The molecule has 0 aromatic heterocycles. The zero-order valence-corrected chi connectivity index (χ0v) is 11.4. The molecule has 3 heteroatoms. The van der Waals surface area contributed by atoms with Gasteiger partial charge in [0, 0.05) is 25.9 Å². The minimum absolute atomic E-state index is 0.525. The van der Waals surface area contributed by atoms with Crippen LogP contribution in [0.4, 0.5) is 5.69 Å². The summed E-state index contributed by atoms with van der Waals surface area (Å²) >= 11 is 0. The highest BCUT2D eigenvalue weighted by Gasteiger charge is 2.02. The van der Waals surface area contributed by atoms with Crippen molar-refractivity contribution in [3.05, 3.63) is 29.8 Å². The van der Waals surface area contributed by atoms with Gasteiger partial charge in [-0.15, -0.1) is 0 Å². The van der Waals surface area contributed by atoms with Crippen molar-refractivity contribution in [2.45, 2.75) is 13.5 Å². The van der Waals surface area contributed by atoms with Crippen LogP contribution in [0, 0.1) is 5.92 Å². The Morgan fingerprint density at radius 1 is 1.35 bits per heavy atom. The standard InChI is InChI=1S/C14H24N2O/c1-12(11-17-4)9-15-14-7-5-6-13(8-14)10-16(2)3/h5-8,12,15H,9-11H2,1-4H3. The third-order valence-electron chi connectivity index (χ3n) is 2.53. The monoisotopic (exact) mass is 236 g/mol. The maximum Gasteiger partial charge on any atom is 0.0504 e. The van der Waals surface area contributed by atoms with Crippen LogP contribution in [0.1, 0.15) is 12.5 Å². The lowest BCUT2D eigenvalue weighted by atomic mass is 10.1. The second kappa shape index (κ2) is 7.30. The van der Waals surface area contributed by atoms with E-state index in [9.17, 15) is 0 Å². The molecule has 1 atom stereocenters. The van der Waals surface area contributed by atoms with Gasteiger partial charge < -0.3 is 15.0 Å². The van der Waals surface area contributed by atoms with E-state index in [-0.39, 0.29) is 0 Å². The molecule has 1 aromatic carbocycles. The molecule has 0 heterocycles. The lowest BCUT2D eigenvalue weighted by Crippen LogP contribution is -2.16. The van der Waals surface area contributed by atoms with E-state index in [1.54, 1.807) is 7.11 Å². The number of rotatable bonds is 7. The van der Waals surface area contributed by atoms with E-state index >= 15 is 0 Å². The van der Waals surface area contributed by atoms with E-state index in [2.05, 4.69) is 55.5 Å². The average Bonchev–Trinajstić information content (AvgIpc) is 2.26. The Morgan fingerprint density at radius 3 is 2.76 bits per heavy atom. The van der Waals surface area contributed by atoms with E-state index in [1.807, 2.05) is 0 Å². The van der Waals surface area contributed by atoms with Crippen molar-refractivity contribution in [3.63, 3.8) is 0 Å². The summed E-state index contributed by atoms with van der Waals surface area (Å²) in [6, 6.07) is 8.57. The summed E-state index contributed by atoms with van der Waals surface area (Å²) in [7, 11) is 5.91. The van der Waals surface area contributed by atoms with E-state index in [1.165, 1.54) is 11.3 Å². The second-order valence-electron chi connectivity index (χ2n) is 4.88. The van der Waals surface area contributed by atoms with Gasteiger partial charge in [-0.3, -0.25) is 0 Å². The van der Waals surface area contributed by atoms with Gasteiger partial charge in [0.2, 0.25) is 0 Å². The lowest BCUT2D eigenvalue weighted by Gasteiger charge is -2.14. The Hall–Kier alpha value is -1.06. The number of anilines is 1. The first-order chi connectivity index (χ1) is 8.11. The molecule has 0 saturated carbocycles. The smallest absolute Gasteiger partial charge is 0.0504 e. The summed E-state index contributed by atoms with van der Waals surface area (Å²) in [5.41, 5.74) is 2.52. The Kier molecular flexibility index (Phi) is 6.01. The van der Waals surface area contributed by atoms with Crippen molar-refractivity contribution < 1.29 is 4.74 Å². The van der Waals surface area contributed by atoms with Crippen molar-refractivity contribution in [1.29, 1.82) is 0 Å². The normalized spacial score (nSPS) is 12.8. The lowest BCUT2D eigenvalue weighted by molar-refractivity contribution is 0.164. The maximum absolute atomic E-state index is 5.12. The summed E-state index contributed by atoms with van der Waals surface area (Å²) in [5, 5.41) is 3.44. The zero-order valence-electron chi connectivity index (χ0n) is 11.4. The molecule has 0 aliphatic rings. The second-order valence-corrected chi connectivity index (χ2v) is 4.88. The van der Waals surface area contributed by atoms with Gasteiger partial charge in [-0.1, -0.05) is 19.1 Å². The number of nitrogens with one attached hydrogen (secondary N) is 1. The number of benzene rings is 1. The van der Waals surface area contributed by atoms with Crippen molar-refractivity contribution in [3.8, 4) is 0 Å². The fourth-order valence-corrected chi connectivity index (χ4v) is 1.78. The predicted octanol–water partition coefficient (Wildman–Crippen LogP) is 2.44. The molecule has 0 aliphatic carbocycles. The number of ether oxygens (including phenoxy) is 1. The van der Waals surface area contributed by atoms with Crippen molar-refractivity contribution >= 4 is 5.69 Å². The third kappa shape index (κ3) is 5.71. The number of hydrogen-bond acceptors (Lipinski definition) is 3. The molecule has 1 rings (SSSR count). The van der Waals surface area contributed by atoms with Crippen molar-refractivity contribution in [2.75, 3.05) is 39.7 Å². The minimum atomic E-state index is 0.525. The van der Waals surface area contributed by atoms with Crippen LogP contribution >= 0.6 is 0 Å². The van der Waals surface area contributed by atoms with Gasteiger partial charge in [0.25, 0.3) is 0 Å². The molecule has 0 amide bonds. The SMILES string of the molecule is COCC(C)CNc1cccc(CN(C)C)c1. The summed E-state index contributed by atoms with van der Waals surface area (Å²) in [4.78, 5) is 2.17. The molecule has 0 fully saturated rings. The molecule has 3 nitrogen and oxygen atoms in total. The largest absolute Gasteiger partial charge is 0.385 e. The molecule has 0 radical (unpaired) electrons. The number of hydrogen-bond donors (Lipinski definition) is 1. The molecular weight excluding hydrogens is 212 g/mol. The van der Waals surface area contributed by atoms with E-state index in [0.29, 0.717) is 5.92 Å². The first-order valence-electron chi connectivity index (χ1n) is 6.08. The van der Waals surface area contributed by atoms with Gasteiger partial charge in [0.1, 0.15) is 0 Å². The van der Waals surface area contributed by atoms with E-state index in [4.69, 9.17) is 4.74 Å². The van der Waals surface area contributed by atoms with E-state index in [0.717, 1.165) is 19.7 Å². The van der Waals surface area contributed by atoms with Crippen LogP contribution in [0.3, 0.4) is 0 Å². The average molecular weight is 236 g/mol. The molecular formula is C14H24N2O. The quantitative estimate of drug-likeness (QED) is 0.787.